The minimum atomic E-state index is -0.243. The molecule has 0 atom stereocenters. The Morgan fingerprint density at radius 1 is 1.11 bits per heavy atom. The molecule has 10 heteroatoms. The number of hydrogen-bond donors (Lipinski definition) is 1. The maximum absolute atomic E-state index is 12.7. The summed E-state index contributed by atoms with van der Waals surface area (Å²) in [5, 5.41) is 11.0. The number of amides is 2. The third-order valence-corrected chi connectivity index (χ3v) is 6.19. The van der Waals surface area contributed by atoms with E-state index in [4.69, 9.17) is 13.9 Å². The molecule has 184 valence electrons. The number of carbonyl (C=O) groups is 2. The van der Waals surface area contributed by atoms with Crippen molar-refractivity contribution in [3.63, 3.8) is 0 Å². The number of aromatic nitrogens is 2. The molecular weight excluding hydrogens is 468 g/mol. The molecule has 0 radical (unpaired) electrons. The van der Waals surface area contributed by atoms with E-state index in [0.717, 1.165) is 17.5 Å². The summed E-state index contributed by atoms with van der Waals surface area (Å²) in [6, 6.07) is 14.8. The van der Waals surface area contributed by atoms with Crippen molar-refractivity contribution in [1.29, 1.82) is 0 Å². The van der Waals surface area contributed by atoms with Crippen LogP contribution in [-0.4, -0.2) is 59.0 Å². The lowest BCUT2D eigenvalue weighted by Gasteiger charge is -2.27. The highest BCUT2D eigenvalue weighted by atomic mass is 32.2. The monoisotopic (exact) mass is 496 g/mol. The third kappa shape index (κ3) is 7.06. The predicted molar refractivity (Wildman–Crippen MR) is 132 cm³/mol. The van der Waals surface area contributed by atoms with Crippen molar-refractivity contribution in [1.82, 2.24) is 15.1 Å². The van der Waals surface area contributed by atoms with Gasteiger partial charge in [-0.25, -0.2) is 0 Å². The molecule has 1 aliphatic rings. The molecule has 1 N–H and O–H groups in total. The molecule has 1 saturated heterocycles. The minimum absolute atomic E-state index is 0.0738. The number of carbonyl (C=O) groups excluding carboxylic acids is 2. The Balaban J connectivity index is 1.24. The van der Waals surface area contributed by atoms with Crippen molar-refractivity contribution in [2.75, 3.05) is 37.4 Å². The minimum Gasteiger partial charge on any atom is -0.484 e. The van der Waals surface area contributed by atoms with Gasteiger partial charge < -0.3 is 24.1 Å². The molecule has 2 aromatic carbocycles. The Morgan fingerprint density at radius 3 is 2.63 bits per heavy atom. The molecule has 1 aromatic heterocycles. The first kappa shape index (κ1) is 24.7. The summed E-state index contributed by atoms with van der Waals surface area (Å²) in [6.45, 7) is 6.62. The number of rotatable bonds is 9. The van der Waals surface area contributed by atoms with Crippen LogP contribution >= 0.6 is 11.8 Å². The smallest absolute Gasteiger partial charge is 0.277 e. The Morgan fingerprint density at radius 2 is 1.89 bits per heavy atom. The second-order valence-electron chi connectivity index (χ2n) is 8.30. The first-order valence-electron chi connectivity index (χ1n) is 11.4. The Labute approximate surface area is 208 Å². The maximum atomic E-state index is 12.7. The lowest BCUT2D eigenvalue weighted by molar-refractivity contribution is -0.113. The Bertz CT molecular complexity index is 1140. The van der Waals surface area contributed by atoms with Crippen molar-refractivity contribution in [3.8, 4) is 5.75 Å². The number of benzene rings is 2. The van der Waals surface area contributed by atoms with Crippen LogP contribution in [0.15, 0.2) is 58.2 Å². The van der Waals surface area contributed by atoms with E-state index in [2.05, 4.69) is 29.4 Å². The van der Waals surface area contributed by atoms with Gasteiger partial charge in [0.15, 0.2) is 6.61 Å². The molecular formula is C25H28N4O5S. The second kappa shape index (κ2) is 11.9. The van der Waals surface area contributed by atoms with Crippen LogP contribution in [0, 0.1) is 0 Å². The van der Waals surface area contributed by atoms with E-state index in [1.165, 1.54) is 5.56 Å². The molecule has 9 nitrogen and oxygen atoms in total. The highest BCUT2D eigenvalue weighted by molar-refractivity contribution is 7.99. The standard InChI is InChI=1S/C25H28N4O5S/c1-17(2)18-6-8-21(9-7-18)33-15-23-27-28-25(34-23)35-16-22(30)26-20-5-3-4-19(14-20)24(31)29-10-12-32-13-11-29/h3-9,14,17H,10-13,15-16H2,1-2H3,(H,26,30). The van der Waals surface area contributed by atoms with E-state index < -0.39 is 0 Å². The van der Waals surface area contributed by atoms with Crippen molar-refractivity contribution >= 4 is 29.3 Å². The first-order chi connectivity index (χ1) is 17.0. The highest BCUT2D eigenvalue weighted by Gasteiger charge is 2.19. The molecule has 3 aromatic rings. The van der Waals surface area contributed by atoms with Gasteiger partial charge in [0.1, 0.15) is 5.75 Å². The highest BCUT2D eigenvalue weighted by Crippen LogP contribution is 2.21. The van der Waals surface area contributed by atoms with Gasteiger partial charge in [0, 0.05) is 24.3 Å². The lowest BCUT2D eigenvalue weighted by atomic mass is 10.0. The number of ether oxygens (including phenoxy) is 2. The number of thioether (sulfide) groups is 1. The van der Waals surface area contributed by atoms with Crippen LogP contribution in [0.2, 0.25) is 0 Å². The molecule has 0 saturated carbocycles. The number of anilines is 1. The number of nitrogens with zero attached hydrogens (tertiary/aromatic N) is 3. The first-order valence-corrected chi connectivity index (χ1v) is 12.4. The van der Waals surface area contributed by atoms with Crippen molar-refractivity contribution in [3.05, 3.63) is 65.5 Å². The van der Waals surface area contributed by atoms with Crippen LogP contribution < -0.4 is 10.1 Å². The lowest BCUT2D eigenvalue weighted by Crippen LogP contribution is -2.40. The van der Waals surface area contributed by atoms with Gasteiger partial charge in [-0.1, -0.05) is 43.8 Å². The molecule has 0 unspecified atom stereocenters. The molecule has 4 rings (SSSR count). The van der Waals surface area contributed by atoms with Crippen molar-refractivity contribution in [2.45, 2.75) is 31.6 Å². The van der Waals surface area contributed by atoms with E-state index in [0.29, 0.717) is 49.4 Å². The average Bonchev–Trinajstić information content (AvgIpc) is 3.34. The summed E-state index contributed by atoms with van der Waals surface area (Å²) in [5.74, 6) is 1.27. The summed E-state index contributed by atoms with van der Waals surface area (Å²) in [6.07, 6.45) is 0. The predicted octanol–water partition coefficient (Wildman–Crippen LogP) is 3.98. The van der Waals surface area contributed by atoms with Gasteiger partial charge in [-0.05, 0) is 41.8 Å². The van der Waals surface area contributed by atoms with Gasteiger partial charge in [0.25, 0.3) is 17.0 Å². The number of nitrogens with one attached hydrogen (secondary N) is 1. The number of hydrogen-bond acceptors (Lipinski definition) is 8. The van der Waals surface area contributed by atoms with Gasteiger partial charge in [-0.2, -0.15) is 0 Å². The summed E-state index contributed by atoms with van der Waals surface area (Å²) in [5.41, 5.74) is 2.32. The van der Waals surface area contributed by atoms with E-state index in [1.54, 1.807) is 29.2 Å². The zero-order valence-corrected chi connectivity index (χ0v) is 20.5. The molecule has 1 fully saturated rings. The van der Waals surface area contributed by atoms with Gasteiger partial charge in [0.2, 0.25) is 5.91 Å². The summed E-state index contributed by atoms with van der Waals surface area (Å²) >= 11 is 1.13. The fraction of sp³-hybridized carbons (Fsp3) is 0.360. The van der Waals surface area contributed by atoms with E-state index >= 15 is 0 Å². The van der Waals surface area contributed by atoms with Gasteiger partial charge in [0.05, 0.1) is 19.0 Å². The zero-order valence-electron chi connectivity index (χ0n) is 19.7. The van der Waals surface area contributed by atoms with Gasteiger partial charge in [-0.3, -0.25) is 9.59 Å². The molecule has 0 aliphatic carbocycles. The molecule has 35 heavy (non-hydrogen) atoms. The van der Waals surface area contributed by atoms with Crippen molar-refractivity contribution in [2.24, 2.45) is 0 Å². The summed E-state index contributed by atoms with van der Waals surface area (Å²) in [4.78, 5) is 26.8. The summed E-state index contributed by atoms with van der Waals surface area (Å²) in [7, 11) is 0. The fourth-order valence-electron chi connectivity index (χ4n) is 3.45. The van der Waals surface area contributed by atoms with Crippen molar-refractivity contribution < 1.29 is 23.5 Å². The zero-order chi connectivity index (χ0) is 24.6. The fourth-order valence-corrected chi connectivity index (χ4v) is 4.03. The van der Waals surface area contributed by atoms with E-state index in [9.17, 15) is 9.59 Å². The van der Waals surface area contributed by atoms with Crippen LogP contribution in [0.5, 0.6) is 5.75 Å². The molecule has 2 amide bonds. The van der Waals surface area contributed by atoms with E-state index in [-0.39, 0.29) is 29.4 Å². The van der Waals surface area contributed by atoms with E-state index in [1.807, 2.05) is 24.3 Å². The number of morpholine rings is 1. The maximum Gasteiger partial charge on any atom is 0.277 e. The largest absolute Gasteiger partial charge is 0.484 e. The summed E-state index contributed by atoms with van der Waals surface area (Å²) < 4.78 is 16.6. The SMILES string of the molecule is CC(C)c1ccc(OCc2nnc(SCC(=O)Nc3cccc(C(=O)N4CCOCC4)c3)o2)cc1. The van der Waals surface area contributed by atoms with Crippen LogP contribution in [0.3, 0.4) is 0 Å². The average molecular weight is 497 g/mol. The molecule has 0 bridgehead atoms. The topological polar surface area (TPSA) is 107 Å². The third-order valence-electron chi connectivity index (χ3n) is 5.38. The molecule has 0 spiro atoms. The molecule has 1 aliphatic heterocycles. The Kier molecular flexibility index (Phi) is 8.38. The normalized spacial score (nSPS) is 13.6. The van der Waals surface area contributed by atoms with Crippen LogP contribution in [-0.2, 0) is 16.1 Å². The van der Waals surface area contributed by atoms with Gasteiger partial charge in [-0.15, -0.1) is 10.2 Å². The Hall–Kier alpha value is -3.37. The van der Waals surface area contributed by atoms with Crippen LogP contribution in [0.1, 0.15) is 41.6 Å². The van der Waals surface area contributed by atoms with Crippen LogP contribution in [0.4, 0.5) is 5.69 Å². The quantitative estimate of drug-likeness (QED) is 0.444. The molecule has 2 heterocycles. The second-order valence-corrected chi connectivity index (χ2v) is 9.22. The van der Waals surface area contributed by atoms with Crippen LogP contribution in [0.25, 0.3) is 0 Å². The van der Waals surface area contributed by atoms with Gasteiger partial charge >= 0.3 is 0 Å².